The topological polar surface area (TPSA) is 84.8 Å². The van der Waals surface area contributed by atoms with Crippen molar-refractivity contribution in [3.8, 4) is 11.8 Å². The molecule has 0 fully saturated rings. The van der Waals surface area contributed by atoms with Crippen LogP contribution in [0.3, 0.4) is 0 Å². The molecule has 0 saturated heterocycles. The lowest BCUT2D eigenvalue weighted by molar-refractivity contribution is 0.0697. The van der Waals surface area contributed by atoms with Crippen LogP contribution in [0.5, 0.6) is 0 Å². The van der Waals surface area contributed by atoms with Crippen molar-refractivity contribution in [1.82, 2.24) is 9.61 Å². The molecule has 0 bridgehead atoms. The minimum absolute atomic E-state index is 0.164. The first-order valence-electron chi connectivity index (χ1n) is 8.93. The Morgan fingerprint density at radius 2 is 1.83 bits per heavy atom. The number of nitrogens with zero attached hydrogens (tertiary/aromatic N) is 2. The van der Waals surface area contributed by atoms with E-state index in [0.717, 1.165) is 16.7 Å². The van der Waals surface area contributed by atoms with Gasteiger partial charge < -0.3 is 9.52 Å². The van der Waals surface area contributed by atoms with Crippen LogP contribution in [0.2, 0.25) is 0 Å². The lowest BCUT2D eigenvalue weighted by atomic mass is 10.0. The molecule has 0 unspecified atom stereocenters. The lowest BCUT2D eigenvalue weighted by Gasteiger charge is -2.04. The predicted molar refractivity (Wildman–Crippen MR) is 107 cm³/mol. The molecule has 0 aliphatic rings. The van der Waals surface area contributed by atoms with Crippen molar-refractivity contribution in [2.45, 2.75) is 13.3 Å². The highest BCUT2D eigenvalue weighted by atomic mass is 16.4. The van der Waals surface area contributed by atoms with E-state index in [1.54, 1.807) is 18.2 Å². The fraction of sp³-hybridized carbons (Fsp3) is 0.0870. The summed E-state index contributed by atoms with van der Waals surface area (Å²) in [5, 5.41) is 13.2. The molecule has 4 aromatic rings. The Morgan fingerprint density at radius 1 is 1.10 bits per heavy atom. The number of hydrogen-bond acceptors (Lipinski definition) is 4. The van der Waals surface area contributed by atoms with E-state index in [1.165, 1.54) is 16.6 Å². The van der Waals surface area contributed by atoms with Crippen LogP contribution in [-0.4, -0.2) is 20.7 Å². The Balaban J connectivity index is 1.68. The van der Waals surface area contributed by atoms with Gasteiger partial charge in [-0.25, -0.2) is 4.79 Å². The molecule has 2 aromatic heterocycles. The van der Waals surface area contributed by atoms with Gasteiger partial charge in [-0.1, -0.05) is 36.3 Å². The Hall–Kier alpha value is -4.11. The normalized spacial score (nSPS) is 10.5. The molecule has 142 valence electrons. The van der Waals surface area contributed by atoms with Gasteiger partial charge in [0.25, 0.3) is 11.4 Å². The number of carbonyl (C=O) groups is 1. The quantitative estimate of drug-likeness (QED) is 0.548. The summed E-state index contributed by atoms with van der Waals surface area (Å²) in [7, 11) is 0. The number of fused-ring (bicyclic) bond motifs is 1. The number of aromatic carboxylic acids is 1. The van der Waals surface area contributed by atoms with Crippen molar-refractivity contribution in [2.75, 3.05) is 0 Å². The van der Waals surface area contributed by atoms with Crippen molar-refractivity contribution in [2.24, 2.45) is 0 Å². The molecular formula is C23H16N2O4. The van der Waals surface area contributed by atoms with E-state index in [2.05, 4.69) is 16.9 Å². The van der Waals surface area contributed by atoms with Crippen LogP contribution in [0, 0.1) is 18.8 Å². The van der Waals surface area contributed by atoms with Crippen molar-refractivity contribution >= 4 is 11.7 Å². The summed E-state index contributed by atoms with van der Waals surface area (Å²) >= 11 is 0. The maximum absolute atomic E-state index is 12.8. The van der Waals surface area contributed by atoms with E-state index in [4.69, 9.17) is 9.52 Å². The molecule has 6 nitrogen and oxygen atoms in total. The number of hydrogen-bond donors (Lipinski definition) is 1. The molecule has 0 atom stereocenters. The van der Waals surface area contributed by atoms with Crippen LogP contribution >= 0.6 is 0 Å². The van der Waals surface area contributed by atoms with Gasteiger partial charge in [0.15, 0.2) is 0 Å². The van der Waals surface area contributed by atoms with Crippen LogP contribution in [-0.2, 0) is 6.42 Å². The summed E-state index contributed by atoms with van der Waals surface area (Å²) < 4.78 is 6.89. The standard InChI is InChI=1S/C23H16N2O4/c1-15-13-19(14-17-7-10-18(11-8-17)23(27)28)21(26)25-22(15)29-20(24-25)12-9-16-5-3-2-4-6-16/h2-8,10-11,13H,14H2,1H3,(H,27,28). The first-order valence-corrected chi connectivity index (χ1v) is 8.93. The maximum Gasteiger partial charge on any atom is 0.335 e. The maximum atomic E-state index is 12.8. The zero-order chi connectivity index (χ0) is 20.4. The van der Waals surface area contributed by atoms with Crippen LogP contribution in [0.15, 0.2) is 69.9 Å². The summed E-state index contributed by atoms with van der Waals surface area (Å²) in [5.41, 5.74) is 3.24. The highest BCUT2D eigenvalue weighted by molar-refractivity contribution is 5.87. The van der Waals surface area contributed by atoms with E-state index < -0.39 is 5.97 Å². The number of rotatable bonds is 3. The Labute approximate surface area is 166 Å². The summed E-state index contributed by atoms with van der Waals surface area (Å²) in [5.74, 6) is 4.99. The smallest absolute Gasteiger partial charge is 0.335 e. The molecule has 2 aromatic carbocycles. The highest BCUT2D eigenvalue weighted by Crippen LogP contribution is 2.14. The number of carboxylic acid groups (broad SMARTS) is 1. The molecule has 0 saturated carbocycles. The molecule has 4 rings (SSSR count). The van der Waals surface area contributed by atoms with Crippen molar-refractivity contribution in [3.05, 3.63) is 105 Å². The second-order valence-electron chi connectivity index (χ2n) is 6.58. The Kier molecular flexibility index (Phi) is 4.71. The molecule has 0 radical (unpaired) electrons. The van der Waals surface area contributed by atoms with Gasteiger partial charge in [-0.3, -0.25) is 4.79 Å². The predicted octanol–water partition coefficient (Wildman–Crippen LogP) is 3.28. The first-order chi connectivity index (χ1) is 14.0. The monoisotopic (exact) mass is 384 g/mol. The van der Waals surface area contributed by atoms with Gasteiger partial charge in [-0.15, -0.1) is 5.10 Å². The van der Waals surface area contributed by atoms with Crippen LogP contribution in [0.1, 0.15) is 38.5 Å². The van der Waals surface area contributed by atoms with Gasteiger partial charge in [0.2, 0.25) is 5.71 Å². The molecule has 6 heteroatoms. The molecule has 2 heterocycles. The number of pyridine rings is 1. The molecule has 0 aliphatic carbocycles. The van der Waals surface area contributed by atoms with E-state index in [0.29, 0.717) is 17.7 Å². The third-order valence-electron chi connectivity index (χ3n) is 4.45. The third-order valence-corrected chi connectivity index (χ3v) is 4.45. The van der Waals surface area contributed by atoms with Crippen LogP contribution in [0.4, 0.5) is 0 Å². The summed E-state index contributed by atoms with van der Waals surface area (Å²) in [4.78, 5) is 23.8. The second kappa shape index (κ2) is 7.49. The molecule has 1 N–H and O–H groups in total. The summed E-state index contributed by atoms with van der Waals surface area (Å²) in [6.45, 7) is 1.84. The average molecular weight is 384 g/mol. The average Bonchev–Trinajstić information content (AvgIpc) is 3.17. The van der Waals surface area contributed by atoms with Gasteiger partial charge >= 0.3 is 5.97 Å². The zero-order valence-electron chi connectivity index (χ0n) is 15.5. The minimum atomic E-state index is -0.986. The van der Waals surface area contributed by atoms with E-state index >= 15 is 0 Å². The van der Waals surface area contributed by atoms with Gasteiger partial charge in [-0.2, -0.15) is 4.52 Å². The molecule has 29 heavy (non-hydrogen) atoms. The van der Waals surface area contributed by atoms with Crippen LogP contribution in [0.25, 0.3) is 5.71 Å². The fourth-order valence-corrected chi connectivity index (χ4v) is 3.01. The van der Waals surface area contributed by atoms with E-state index in [1.807, 2.05) is 37.3 Å². The number of carboxylic acids is 1. The SMILES string of the molecule is Cc1cc(Cc2ccc(C(=O)O)cc2)c(=O)n2nc(C#Cc3ccccc3)oc12. The Bertz CT molecular complexity index is 1320. The summed E-state index contributed by atoms with van der Waals surface area (Å²) in [6.07, 6.45) is 0.362. The Morgan fingerprint density at radius 3 is 2.52 bits per heavy atom. The highest BCUT2D eigenvalue weighted by Gasteiger charge is 2.13. The van der Waals surface area contributed by atoms with Crippen molar-refractivity contribution < 1.29 is 14.3 Å². The van der Waals surface area contributed by atoms with Gasteiger partial charge in [0, 0.05) is 23.1 Å². The summed E-state index contributed by atoms with van der Waals surface area (Å²) in [6, 6.07) is 17.6. The molecular weight excluding hydrogens is 368 g/mol. The van der Waals surface area contributed by atoms with Crippen molar-refractivity contribution in [1.29, 1.82) is 0 Å². The van der Waals surface area contributed by atoms with E-state index in [-0.39, 0.29) is 17.0 Å². The second-order valence-corrected chi connectivity index (χ2v) is 6.58. The third kappa shape index (κ3) is 3.80. The minimum Gasteiger partial charge on any atom is -0.478 e. The van der Waals surface area contributed by atoms with E-state index in [9.17, 15) is 9.59 Å². The fourth-order valence-electron chi connectivity index (χ4n) is 3.01. The molecule has 0 aliphatic heterocycles. The van der Waals surface area contributed by atoms with Crippen molar-refractivity contribution in [3.63, 3.8) is 0 Å². The molecule has 0 amide bonds. The number of benzene rings is 2. The van der Waals surface area contributed by atoms with Gasteiger partial charge in [-0.05, 0) is 48.7 Å². The van der Waals surface area contributed by atoms with Crippen LogP contribution < -0.4 is 5.56 Å². The number of aryl methyl sites for hydroxylation is 1. The first kappa shape index (κ1) is 18.3. The largest absolute Gasteiger partial charge is 0.478 e. The molecule has 0 spiro atoms. The van der Waals surface area contributed by atoms with Gasteiger partial charge in [0.1, 0.15) is 0 Å². The lowest BCUT2D eigenvalue weighted by Crippen LogP contribution is -2.19. The number of aromatic nitrogens is 2. The van der Waals surface area contributed by atoms with Gasteiger partial charge in [0.05, 0.1) is 5.56 Å². The zero-order valence-corrected chi connectivity index (χ0v) is 15.5.